The average Bonchev–Trinajstić information content (AvgIpc) is 2.88. The Morgan fingerprint density at radius 1 is 0.312 bits per heavy atom. The summed E-state index contributed by atoms with van der Waals surface area (Å²) in [6.45, 7) is 0. The molecule has 5 aromatic carbocycles. The summed E-state index contributed by atoms with van der Waals surface area (Å²) in [5.74, 6) is 0. The van der Waals surface area contributed by atoms with Crippen molar-refractivity contribution in [3.63, 3.8) is 0 Å². The van der Waals surface area contributed by atoms with Gasteiger partial charge in [-0.1, -0.05) is 103 Å². The molecule has 0 unspecified atom stereocenters. The monoisotopic (exact) mass is 407 g/mol. The zero-order chi connectivity index (χ0) is 21.3. The number of nitrogens with zero attached hydrogens (tertiary/aromatic N) is 1. The van der Waals surface area contributed by atoms with Crippen molar-refractivity contribution in [1.82, 2.24) is 4.98 Å². The van der Waals surface area contributed by atoms with Crippen LogP contribution in [0.25, 0.3) is 54.9 Å². The summed E-state index contributed by atoms with van der Waals surface area (Å²) in [7, 11) is 0. The Morgan fingerprint density at radius 2 is 0.688 bits per heavy atom. The number of hydrogen-bond acceptors (Lipinski definition) is 1. The second-order valence-corrected chi connectivity index (χ2v) is 8.02. The Morgan fingerprint density at radius 3 is 1.19 bits per heavy atom. The molecule has 0 aliphatic rings. The molecular formula is C31H21N. The van der Waals surface area contributed by atoms with Crippen LogP contribution in [0.15, 0.2) is 128 Å². The molecule has 1 heterocycles. The van der Waals surface area contributed by atoms with E-state index < -0.39 is 0 Å². The lowest BCUT2D eigenvalue weighted by Crippen LogP contribution is -1.91. The molecule has 150 valence electrons. The number of fused-ring (bicyclic) bond motifs is 2. The zero-order valence-electron chi connectivity index (χ0n) is 17.6. The van der Waals surface area contributed by atoms with Gasteiger partial charge in [-0.15, -0.1) is 0 Å². The molecule has 0 saturated carbocycles. The maximum atomic E-state index is 4.23. The van der Waals surface area contributed by atoms with Gasteiger partial charge in [0.25, 0.3) is 0 Å². The number of aromatic nitrogens is 1. The van der Waals surface area contributed by atoms with E-state index >= 15 is 0 Å². The van der Waals surface area contributed by atoms with Crippen molar-refractivity contribution in [3.8, 4) is 33.4 Å². The standard InChI is InChI=1S/C31H21N/c1-2-8-22(9-3-1)23-14-16-24(17-15-23)30-26-10-4-6-12-28(26)31(25-18-20-32-21-19-25)29-13-7-5-11-27(29)30/h1-21H. The highest BCUT2D eigenvalue weighted by Crippen LogP contribution is 2.43. The van der Waals surface area contributed by atoms with E-state index in [4.69, 9.17) is 0 Å². The molecule has 0 bridgehead atoms. The lowest BCUT2D eigenvalue weighted by molar-refractivity contribution is 1.33. The van der Waals surface area contributed by atoms with Gasteiger partial charge in [0, 0.05) is 12.4 Å². The zero-order valence-corrected chi connectivity index (χ0v) is 17.6. The van der Waals surface area contributed by atoms with Gasteiger partial charge in [-0.25, -0.2) is 0 Å². The second-order valence-electron chi connectivity index (χ2n) is 8.02. The van der Waals surface area contributed by atoms with Crippen molar-refractivity contribution in [3.05, 3.63) is 128 Å². The van der Waals surface area contributed by atoms with Crippen molar-refractivity contribution in [1.29, 1.82) is 0 Å². The topological polar surface area (TPSA) is 12.9 Å². The van der Waals surface area contributed by atoms with Crippen molar-refractivity contribution < 1.29 is 0 Å². The minimum atomic E-state index is 1.19. The number of hydrogen-bond donors (Lipinski definition) is 0. The van der Waals surface area contributed by atoms with Gasteiger partial charge in [0.15, 0.2) is 0 Å². The third kappa shape index (κ3) is 3.07. The molecule has 1 heteroatoms. The predicted octanol–water partition coefficient (Wildman–Crippen LogP) is 8.39. The molecule has 1 nitrogen and oxygen atoms in total. The fraction of sp³-hybridized carbons (Fsp3) is 0. The smallest absolute Gasteiger partial charge is 0.0273 e. The van der Waals surface area contributed by atoms with Crippen LogP contribution in [0.5, 0.6) is 0 Å². The normalized spacial score (nSPS) is 11.1. The Labute approximate surface area is 187 Å². The molecular weight excluding hydrogens is 386 g/mol. The summed E-state index contributed by atoms with van der Waals surface area (Å²) in [5, 5.41) is 5.06. The van der Waals surface area contributed by atoms with Gasteiger partial charge in [0.1, 0.15) is 0 Å². The molecule has 0 saturated heterocycles. The molecule has 0 aliphatic heterocycles. The van der Waals surface area contributed by atoms with Gasteiger partial charge in [-0.2, -0.15) is 0 Å². The van der Waals surface area contributed by atoms with Gasteiger partial charge in [0.05, 0.1) is 0 Å². The third-order valence-corrected chi connectivity index (χ3v) is 6.18. The van der Waals surface area contributed by atoms with Crippen LogP contribution in [0, 0.1) is 0 Å². The molecule has 0 spiro atoms. The third-order valence-electron chi connectivity index (χ3n) is 6.18. The Hall–Kier alpha value is -4.23. The van der Waals surface area contributed by atoms with Gasteiger partial charge >= 0.3 is 0 Å². The molecule has 0 radical (unpaired) electrons. The summed E-state index contributed by atoms with van der Waals surface area (Å²) in [6.07, 6.45) is 3.74. The minimum absolute atomic E-state index is 1.19. The second kappa shape index (κ2) is 7.79. The van der Waals surface area contributed by atoms with E-state index in [0.29, 0.717) is 0 Å². The highest BCUT2D eigenvalue weighted by molar-refractivity contribution is 6.21. The number of benzene rings is 5. The first-order valence-electron chi connectivity index (χ1n) is 10.9. The van der Waals surface area contributed by atoms with E-state index in [2.05, 4.69) is 120 Å². The summed E-state index contributed by atoms with van der Waals surface area (Å²) in [5.41, 5.74) is 7.45. The van der Waals surface area contributed by atoms with Gasteiger partial charge in [-0.05, 0) is 67.1 Å². The number of rotatable bonds is 3. The lowest BCUT2D eigenvalue weighted by Gasteiger charge is -2.17. The Bertz CT molecular complexity index is 1480. The summed E-state index contributed by atoms with van der Waals surface area (Å²) in [6, 6.07) is 41.2. The van der Waals surface area contributed by atoms with E-state index in [0.717, 1.165) is 0 Å². The maximum Gasteiger partial charge on any atom is 0.0273 e. The van der Waals surface area contributed by atoms with Crippen LogP contribution in [0.1, 0.15) is 0 Å². The van der Waals surface area contributed by atoms with Crippen LogP contribution in [0.3, 0.4) is 0 Å². The van der Waals surface area contributed by atoms with Gasteiger partial charge < -0.3 is 0 Å². The van der Waals surface area contributed by atoms with E-state index in [-0.39, 0.29) is 0 Å². The van der Waals surface area contributed by atoms with Crippen LogP contribution < -0.4 is 0 Å². The van der Waals surface area contributed by atoms with E-state index in [9.17, 15) is 0 Å². The first-order chi connectivity index (χ1) is 15.9. The molecule has 0 fully saturated rings. The molecule has 0 aliphatic carbocycles. The van der Waals surface area contributed by atoms with Crippen molar-refractivity contribution in [2.45, 2.75) is 0 Å². The van der Waals surface area contributed by atoms with Gasteiger partial charge in [-0.3, -0.25) is 4.98 Å². The maximum absolute atomic E-state index is 4.23. The van der Waals surface area contributed by atoms with Crippen LogP contribution in [0.2, 0.25) is 0 Å². The Balaban J connectivity index is 1.65. The molecule has 6 aromatic rings. The molecule has 0 N–H and O–H groups in total. The quantitative estimate of drug-likeness (QED) is 0.268. The van der Waals surface area contributed by atoms with Crippen LogP contribution in [0.4, 0.5) is 0 Å². The predicted molar refractivity (Wildman–Crippen MR) is 136 cm³/mol. The van der Waals surface area contributed by atoms with Crippen molar-refractivity contribution >= 4 is 21.5 Å². The van der Waals surface area contributed by atoms with Crippen molar-refractivity contribution in [2.75, 3.05) is 0 Å². The minimum Gasteiger partial charge on any atom is -0.265 e. The van der Waals surface area contributed by atoms with E-state index in [1.165, 1.54) is 54.9 Å². The average molecular weight is 408 g/mol. The molecule has 1 aromatic heterocycles. The first kappa shape index (κ1) is 18.5. The lowest BCUT2D eigenvalue weighted by atomic mass is 9.86. The van der Waals surface area contributed by atoms with Crippen molar-refractivity contribution in [2.24, 2.45) is 0 Å². The summed E-state index contributed by atoms with van der Waals surface area (Å²) in [4.78, 5) is 4.23. The molecule has 0 amide bonds. The van der Waals surface area contributed by atoms with E-state index in [1.807, 2.05) is 12.4 Å². The SMILES string of the molecule is c1ccc(-c2ccc(-c3c4ccccc4c(-c4ccncc4)c4ccccc34)cc2)cc1. The van der Waals surface area contributed by atoms with Crippen LogP contribution in [-0.4, -0.2) is 4.98 Å². The molecule has 32 heavy (non-hydrogen) atoms. The highest BCUT2D eigenvalue weighted by Gasteiger charge is 2.16. The fourth-order valence-corrected chi connectivity index (χ4v) is 4.73. The first-order valence-corrected chi connectivity index (χ1v) is 10.9. The molecule has 0 atom stereocenters. The summed E-state index contributed by atoms with van der Waals surface area (Å²) < 4.78 is 0. The fourth-order valence-electron chi connectivity index (χ4n) is 4.73. The largest absolute Gasteiger partial charge is 0.265 e. The van der Waals surface area contributed by atoms with Gasteiger partial charge in [0.2, 0.25) is 0 Å². The summed E-state index contributed by atoms with van der Waals surface area (Å²) >= 11 is 0. The molecule has 6 rings (SSSR count). The van der Waals surface area contributed by atoms with Crippen LogP contribution in [-0.2, 0) is 0 Å². The Kier molecular flexibility index (Phi) is 4.51. The highest BCUT2D eigenvalue weighted by atomic mass is 14.6. The van der Waals surface area contributed by atoms with E-state index in [1.54, 1.807) is 0 Å². The van der Waals surface area contributed by atoms with Crippen LogP contribution >= 0.6 is 0 Å². The number of pyridine rings is 1.